The molecule has 6 rings (SSSR count). The van der Waals surface area contributed by atoms with Crippen molar-refractivity contribution in [1.82, 2.24) is 5.32 Å². The van der Waals surface area contributed by atoms with Crippen LogP contribution in [0.3, 0.4) is 0 Å². The number of unbranched alkanes of at least 4 members (excludes halogenated alkanes) is 2. The Morgan fingerprint density at radius 1 is 0.703 bits per heavy atom. The Balaban J connectivity index is 1.07. The van der Waals surface area contributed by atoms with Gasteiger partial charge in [0.1, 0.15) is 29.6 Å². The molecule has 3 N–H and O–H groups in total. The second-order valence-electron chi connectivity index (χ2n) is 15.8. The Labute approximate surface area is 373 Å². The number of carboxylic acids is 2. The summed E-state index contributed by atoms with van der Waals surface area (Å²) in [4.78, 5) is 21.0. The van der Waals surface area contributed by atoms with Gasteiger partial charge in [-0.1, -0.05) is 104 Å². The van der Waals surface area contributed by atoms with Gasteiger partial charge in [0.15, 0.2) is 0 Å². The molecule has 336 valence electrons. The number of rotatable bonds is 24. The highest BCUT2D eigenvalue weighted by atomic mass is 32.1. The van der Waals surface area contributed by atoms with E-state index in [-0.39, 0.29) is 54.7 Å². The van der Waals surface area contributed by atoms with Crippen LogP contribution in [0.25, 0.3) is 16.7 Å². The largest absolute Gasteiger partial charge is 0.489 e. The predicted octanol–water partition coefficient (Wildman–Crippen LogP) is 12.8. The number of halogens is 5. The standard InChI is InChI=1S/C51H50F5NO6S/c1-34(8-4-2-7-11-47(58)59)26-35-14-20-42(21-15-35)63-33-43-29-45(49(64-43)51(54,55)56)40-18-12-36(13-19-40)30-50(52,53)46-28-38(27-44(46)39-9-5-3-6-10-39)32-62-41-22-16-37(17-23-41)31-57-25-24-48(60)61/h3,5-6,9-10,12-23,27,29,57H,1-2,4,7-8,11,24-26,28,30-33H2,(H,58,59)(H,60,61). The molecule has 4 aromatic carbocycles. The van der Waals surface area contributed by atoms with Gasteiger partial charge in [-0.3, -0.25) is 9.59 Å². The minimum Gasteiger partial charge on any atom is -0.489 e. The Hall–Kier alpha value is -6.05. The van der Waals surface area contributed by atoms with Crippen LogP contribution >= 0.6 is 11.3 Å². The molecular formula is C51H50F5NO6S. The van der Waals surface area contributed by atoms with Gasteiger partial charge >= 0.3 is 18.1 Å². The molecule has 0 fully saturated rings. The van der Waals surface area contributed by atoms with Crippen LogP contribution in [0.2, 0.25) is 0 Å². The molecule has 0 saturated heterocycles. The van der Waals surface area contributed by atoms with Crippen molar-refractivity contribution in [3.8, 4) is 22.6 Å². The van der Waals surface area contributed by atoms with E-state index in [4.69, 9.17) is 19.7 Å². The molecular weight excluding hydrogens is 850 g/mol. The first-order chi connectivity index (χ1) is 30.6. The second-order valence-corrected chi connectivity index (χ2v) is 17.0. The maximum atomic E-state index is 16.4. The second kappa shape index (κ2) is 22.0. The summed E-state index contributed by atoms with van der Waals surface area (Å²) in [5, 5.41) is 20.7. The molecule has 0 amide bonds. The lowest BCUT2D eigenvalue weighted by Gasteiger charge is -2.21. The minimum atomic E-state index is -4.65. The predicted molar refractivity (Wildman–Crippen MR) is 240 cm³/mol. The van der Waals surface area contributed by atoms with Crippen molar-refractivity contribution in [3.05, 3.63) is 171 Å². The van der Waals surface area contributed by atoms with Gasteiger partial charge in [0.25, 0.3) is 5.92 Å². The lowest BCUT2D eigenvalue weighted by atomic mass is 9.93. The molecule has 0 atom stereocenters. The number of benzene rings is 4. The fourth-order valence-electron chi connectivity index (χ4n) is 7.43. The molecule has 1 aromatic heterocycles. The maximum Gasteiger partial charge on any atom is 0.426 e. The van der Waals surface area contributed by atoms with Crippen LogP contribution in [-0.2, 0) is 41.8 Å². The number of alkyl halides is 5. The summed E-state index contributed by atoms with van der Waals surface area (Å²) >= 11 is 0.586. The third-order valence-electron chi connectivity index (χ3n) is 10.7. The number of hydrogen-bond donors (Lipinski definition) is 3. The number of allylic oxidation sites excluding steroid dienone is 4. The zero-order valence-corrected chi connectivity index (χ0v) is 36.0. The molecule has 7 nitrogen and oxygen atoms in total. The van der Waals surface area contributed by atoms with E-state index in [2.05, 4.69) is 11.9 Å². The summed E-state index contributed by atoms with van der Waals surface area (Å²) in [5.41, 5.74) is 5.09. The van der Waals surface area contributed by atoms with Gasteiger partial charge in [-0.15, -0.1) is 11.3 Å². The summed E-state index contributed by atoms with van der Waals surface area (Å²) in [6, 6.07) is 30.7. The highest BCUT2D eigenvalue weighted by Crippen LogP contribution is 2.45. The smallest absolute Gasteiger partial charge is 0.426 e. The number of thiophene rings is 1. The van der Waals surface area contributed by atoms with Crippen molar-refractivity contribution in [1.29, 1.82) is 0 Å². The van der Waals surface area contributed by atoms with E-state index in [0.29, 0.717) is 70.4 Å². The SMILES string of the molecule is C=C(CCCCCC(=O)O)Cc1ccc(OCc2cc(-c3ccc(CC(F)(F)C4=C(c5ccccc5)C=C(COc5ccc(CNCCC(=O)O)cc5)C4)cc3)c(C(F)(F)F)s2)cc1. The maximum absolute atomic E-state index is 16.4. The van der Waals surface area contributed by atoms with Gasteiger partial charge in [-0.25, -0.2) is 8.78 Å². The fraction of sp³-hybridized carbons (Fsp3) is 0.294. The molecule has 0 spiro atoms. The molecule has 13 heteroatoms. The topological polar surface area (TPSA) is 105 Å². The van der Waals surface area contributed by atoms with E-state index in [1.54, 1.807) is 54.6 Å². The summed E-state index contributed by atoms with van der Waals surface area (Å²) in [7, 11) is 0. The monoisotopic (exact) mass is 899 g/mol. The summed E-state index contributed by atoms with van der Waals surface area (Å²) in [6.45, 7) is 4.94. The highest BCUT2D eigenvalue weighted by molar-refractivity contribution is 7.12. The fourth-order valence-corrected chi connectivity index (χ4v) is 8.39. The zero-order valence-electron chi connectivity index (χ0n) is 35.2. The molecule has 1 heterocycles. The first-order valence-electron chi connectivity index (χ1n) is 21.0. The van der Waals surface area contributed by atoms with Crippen LogP contribution in [0.15, 0.2) is 139 Å². The first-order valence-corrected chi connectivity index (χ1v) is 21.8. The number of nitrogens with one attached hydrogen (secondary N) is 1. The molecule has 0 saturated carbocycles. The van der Waals surface area contributed by atoms with Crippen molar-refractivity contribution in [2.75, 3.05) is 13.2 Å². The molecule has 0 radical (unpaired) electrons. The number of aliphatic carboxylic acids is 2. The van der Waals surface area contributed by atoms with Crippen LogP contribution in [0, 0.1) is 0 Å². The minimum absolute atomic E-state index is 0.0168. The molecule has 5 aromatic rings. The normalized spacial score (nSPS) is 12.9. The average molecular weight is 900 g/mol. The number of ether oxygens (including phenoxy) is 2. The third-order valence-corrected chi connectivity index (χ3v) is 11.9. The average Bonchev–Trinajstić information content (AvgIpc) is 3.91. The van der Waals surface area contributed by atoms with Crippen molar-refractivity contribution in [3.63, 3.8) is 0 Å². The molecule has 0 bridgehead atoms. The van der Waals surface area contributed by atoms with Gasteiger partial charge in [-0.05, 0) is 101 Å². The molecule has 1 aliphatic carbocycles. The highest BCUT2D eigenvalue weighted by Gasteiger charge is 2.40. The van der Waals surface area contributed by atoms with E-state index in [9.17, 15) is 22.8 Å². The Morgan fingerprint density at radius 3 is 1.95 bits per heavy atom. The van der Waals surface area contributed by atoms with E-state index >= 15 is 8.78 Å². The zero-order chi connectivity index (χ0) is 45.7. The Bertz CT molecular complexity index is 2420. The molecule has 0 unspecified atom stereocenters. The van der Waals surface area contributed by atoms with Gasteiger partial charge in [-0.2, -0.15) is 13.2 Å². The Morgan fingerprint density at radius 2 is 1.31 bits per heavy atom. The van der Waals surface area contributed by atoms with Gasteiger partial charge in [0.2, 0.25) is 0 Å². The number of carboxylic acid groups (broad SMARTS) is 2. The number of carbonyl (C=O) groups is 2. The van der Waals surface area contributed by atoms with Crippen molar-refractivity contribution in [2.45, 2.75) is 83.0 Å². The van der Waals surface area contributed by atoms with Crippen LogP contribution in [0.5, 0.6) is 11.5 Å². The summed E-state index contributed by atoms with van der Waals surface area (Å²) in [5.74, 6) is -3.92. The van der Waals surface area contributed by atoms with Gasteiger partial charge in [0, 0.05) is 41.9 Å². The summed E-state index contributed by atoms with van der Waals surface area (Å²) in [6.07, 6.45) is 0.340. The van der Waals surface area contributed by atoms with Crippen molar-refractivity contribution >= 4 is 28.8 Å². The van der Waals surface area contributed by atoms with E-state index in [0.717, 1.165) is 36.0 Å². The van der Waals surface area contributed by atoms with E-state index in [1.165, 1.54) is 30.3 Å². The van der Waals surface area contributed by atoms with Gasteiger partial charge in [0.05, 0.1) is 6.42 Å². The summed E-state index contributed by atoms with van der Waals surface area (Å²) < 4.78 is 87.6. The van der Waals surface area contributed by atoms with Crippen LogP contribution < -0.4 is 14.8 Å². The molecule has 0 aliphatic heterocycles. The number of hydrogen-bond acceptors (Lipinski definition) is 6. The van der Waals surface area contributed by atoms with Crippen LogP contribution in [0.1, 0.15) is 77.0 Å². The van der Waals surface area contributed by atoms with E-state index in [1.807, 2.05) is 30.3 Å². The Kier molecular flexibility index (Phi) is 16.3. The first kappa shape index (κ1) is 47.4. The van der Waals surface area contributed by atoms with Crippen molar-refractivity contribution < 1.29 is 51.2 Å². The quantitative estimate of drug-likeness (QED) is 0.0322. The van der Waals surface area contributed by atoms with Crippen LogP contribution in [-0.4, -0.2) is 41.2 Å². The molecule has 1 aliphatic rings. The molecule has 64 heavy (non-hydrogen) atoms. The van der Waals surface area contributed by atoms with E-state index < -0.39 is 35.3 Å². The van der Waals surface area contributed by atoms with Crippen LogP contribution in [0.4, 0.5) is 22.0 Å². The van der Waals surface area contributed by atoms with Gasteiger partial charge < -0.3 is 25.0 Å². The third kappa shape index (κ3) is 14.0. The van der Waals surface area contributed by atoms with Crippen molar-refractivity contribution in [2.24, 2.45) is 0 Å². The lowest BCUT2D eigenvalue weighted by molar-refractivity contribution is -0.138. The lowest BCUT2D eigenvalue weighted by Crippen LogP contribution is -2.23.